The van der Waals surface area contributed by atoms with Crippen LogP contribution in [0.15, 0.2) is 78.0 Å². The molecule has 156 valence electrons. The van der Waals surface area contributed by atoms with E-state index in [0.29, 0.717) is 31.7 Å². The zero-order valence-electron chi connectivity index (χ0n) is 15.9. The first-order valence-corrected chi connectivity index (χ1v) is 11.3. The first-order chi connectivity index (χ1) is 15.0. The predicted molar refractivity (Wildman–Crippen MR) is 128 cm³/mol. The summed E-state index contributed by atoms with van der Waals surface area (Å²) < 4.78 is 1.90. The summed E-state index contributed by atoms with van der Waals surface area (Å²) in [7, 11) is 0. The lowest BCUT2D eigenvalue weighted by Gasteiger charge is -2.11. The molecule has 0 bridgehead atoms. The van der Waals surface area contributed by atoms with Gasteiger partial charge in [-0.1, -0.05) is 76.9 Å². The van der Waals surface area contributed by atoms with Crippen molar-refractivity contribution in [2.24, 2.45) is 0 Å². The number of thioether (sulfide) groups is 1. The van der Waals surface area contributed by atoms with E-state index in [0.717, 1.165) is 11.3 Å². The molecule has 3 aromatic carbocycles. The number of hydrogen-bond acceptors (Lipinski definition) is 4. The van der Waals surface area contributed by atoms with Gasteiger partial charge in [0, 0.05) is 21.3 Å². The van der Waals surface area contributed by atoms with Gasteiger partial charge in [0.15, 0.2) is 11.0 Å². The Balaban J connectivity index is 1.59. The number of nitrogens with one attached hydrogen (secondary N) is 1. The second kappa shape index (κ2) is 9.75. The number of anilines is 1. The Hall–Kier alpha value is -2.51. The molecule has 0 unspecified atom stereocenters. The lowest BCUT2D eigenvalue weighted by molar-refractivity contribution is -0.113. The van der Waals surface area contributed by atoms with Crippen LogP contribution in [-0.4, -0.2) is 26.4 Å². The molecule has 0 aliphatic rings. The number of halogens is 3. The molecule has 1 heterocycles. The molecule has 5 nitrogen and oxygen atoms in total. The maximum Gasteiger partial charge on any atom is 0.234 e. The molecule has 0 radical (unpaired) electrons. The quantitative estimate of drug-likeness (QED) is 0.309. The maximum atomic E-state index is 12.5. The number of nitrogens with zero attached hydrogens (tertiary/aromatic N) is 3. The van der Waals surface area contributed by atoms with Crippen molar-refractivity contribution in [2.75, 3.05) is 11.1 Å². The minimum atomic E-state index is -0.235. The molecule has 31 heavy (non-hydrogen) atoms. The number of amides is 1. The first-order valence-electron chi connectivity index (χ1n) is 9.16. The van der Waals surface area contributed by atoms with Crippen molar-refractivity contribution in [3.05, 3.63) is 87.9 Å². The molecule has 0 spiro atoms. The van der Waals surface area contributed by atoms with E-state index in [2.05, 4.69) is 15.5 Å². The summed E-state index contributed by atoms with van der Waals surface area (Å²) in [6, 6.07) is 22.0. The molecule has 0 fully saturated rings. The highest BCUT2D eigenvalue weighted by Crippen LogP contribution is 2.29. The summed E-state index contributed by atoms with van der Waals surface area (Å²) in [6.07, 6.45) is 0. The van der Waals surface area contributed by atoms with Crippen molar-refractivity contribution >= 4 is 58.2 Å². The van der Waals surface area contributed by atoms with Crippen LogP contribution < -0.4 is 5.32 Å². The summed E-state index contributed by atoms with van der Waals surface area (Å²) in [6.45, 7) is 0. The normalized spacial score (nSPS) is 10.8. The van der Waals surface area contributed by atoms with Gasteiger partial charge in [-0.05, 0) is 42.5 Å². The van der Waals surface area contributed by atoms with Gasteiger partial charge >= 0.3 is 0 Å². The third kappa shape index (κ3) is 5.22. The van der Waals surface area contributed by atoms with Gasteiger partial charge in [0.25, 0.3) is 0 Å². The van der Waals surface area contributed by atoms with Gasteiger partial charge in [-0.2, -0.15) is 0 Å². The number of rotatable bonds is 6. The van der Waals surface area contributed by atoms with E-state index < -0.39 is 0 Å². The molecule has 0 aliphatic carbocycles. The van der Waals surface area contributed by atoms with Crippen LogP contribution in [0.1, 0.15) is 0 Å². The van der Waals surface area contributed by atoms with E-state index in [1.54, 1.807) is 30.3 Å². The predicted octanol–water partition coefficient (Wildman–Crippen LogP) is 6.63. The van der Waals surface area contributed by atoms with E-state index in [-0.39, 0.29) is 11.7 Å². The summed E-state index contributed by atoms with van der Waals surface area (Å²) in [4.78, 5) is 12.5. The monoisotopic (exact) mass is 488 g/mol. The fraction of sp³-hybridized carbons (Fsp3) is 0.0455. The second-order valence-corrected chi connectivity index (χ2v) is 8.67. The van der Waals surface area contributed by atoms with Gasteiger partial charge in [0.1, 0.15) is 0 Å². The maximum absolute atomic E-state index is 12.5. The third-order valence-electron chi connectivity index (χ3n) is 4.29. The third-order valence-corrected chi connectivity index (χ3v) is 6.03. The first kappa shape index (κ1) is 21.7. The summed E-state index contributed by atoms with van der Waals surface area (Å²) in [5, 5.41) is 13.6. The van der Waals surface area contributed by atoms with Gasteiger partial charge < -0.3 is 5.32 Å². The molecule has 9 heteroatoms. The van der Waals surface area contributed by atoms with Crippen molar-refractivity contribution in [3.8, 4) is 17.1 Å². The summed E-state index contributed by atoms with van der Waals surface area (Å²) in [5.41, 5.74) is 2.21. The minimum Gasteiger partial charge on any atom is -0.324 e. The highest BCUT2D eigenvalue weighted by Gasteiger charge is 2.17. The average Bonchev–Trinajstić information content (AvgIpc) is 3.20. The summed E-state index contributed by atoms with van der Waals surface area (Å²) in [5.74, 6) is 0.549. The molecular weight excluding hydrogens is 475 g/mol. The molecule has 4 aromatic rings. The fourth-order valence-electron chi connectivity index (χ4n) is 2.87. The molecular formula is C22H15Cl3N4OS. The standard InChI is InChI=1S/C22H15Cl3N4OS/c23-15-6-9-17(10-7-15)29-21(14-4-2-1-3-5-14)27-28-22(29)31-13-20(30)26-19-12-16(24)8-11-18(19)25/h1-12H,13H2,(H,26,30). The highest BCUT2D eigenvalue weighted by atomic mass is 35.5. The highest BCUT2D eigenvalue weighted by molar-refractivity contribution is 7.99. The van der Waals surface area contributed by atoms with Crippen LogP contribution in [-0.2, 0) is 4.79 Å². The number of carbonyl (C=O) groups excluding carboxylic acids is 1. The Labute approximate surface area is 198 Å². The van der Waals surface area contributed by atoms with E-state index in [9.17, 15) is 4.79 Å². The SMILES string of the molecule is O=C(CSc1nnc(-c2ccccc2)n1-c1ccc(Cl)cc1)Nc1cc(Cl)ccc1Cl. The molecule has 1 aromatic heterocycles. The Morgan fingerprint density at radius 1 is 0.903 bits per heavy atom. The average molecular weight is 490 g/mol. The van der Waals surface area contributed by atoms with Gasteiger partial charge in [0.2, 0.25) is 5.91 Å². The van der Waals surface area contributed by atoms with Crippen LogP contribution in [0.3, 0.4) is 0 Å². The van der Waals surface area contributed by atoms with Gasteiger partial charge in [-0.3, -0.25) is 9.36 Å². The van der Waals surface area contributed by atoms with Gasteiger partial charge in [0.05, 0.1) is 16.5 Å². The van der Waals surface area contributed by atoms with Crippen LogP contribution in [0.5, 0.6) is 0 Å². The minimum absolute atomic E-state index is 0.114. The Morgan fingerprint density at radius 2 is 1.61 bits per heavy atom. The molecule has 0 atom stereocenters. The summed E-state index contributed by atoms with van der Waals surface area (Å²) >= 11 is 19.4. The van der Waals surface area contributed by atoms with Crippen LogP contribution in [0.2, 0.25) is 15.1 Å². The van der Waals surface area contributed by atoms with Crippen LogP contribution in [0, 0.1) is 0 Å². The van der Waals surface area contributed by atoms with Crippen LogP contribution >= 0.6 is 46.6 Å². The lowest BCUT2D eigenvalue weighted by Crippen LogP contribution is -2.15. The number of hydrogen-bond donors (Lipinski definition) is 1. The lowest BCUT2D eigenvalue weighted by atomic mass is 10.2. The van der Waals surface area contributed by atoms with Gasteiger partial charge in [-0.15, -0.1) is 10.2 Å². The molecule has 0 aliphatic heterocycles. The molecule has 4 rings (SSSR count). The largest absolute Gasteiger partial charge is 0.324 e. The van der Waals surface area contributed by atoms with E-state index in [1.807, 2.05) is 47.0 Å². The molecule has 0 saturated heterocycles. The van der Waals surface area contributed by atoms with Crippen LogP contribution in [0.25, 0.3) is 17.1 Å². The number of benzene rings is 3. The number of carbonyl (C=O) groups is 1. The zero-order chi connectivity index (χ0) is 21.8. The van der Waals surface area contributed by atoms with Crippen molar-refractivity contribution in [1.29, 1.82) is 0 Å². The second-order valence-electron chi connectivity index (χ2n) is 6.45. The molecule has 1 N–H and O–H groups in total. The van der Waals surface area contributed by atoms with Crippen molar-refractivity contribution in [3.63, 3.8) is 0 Å². The Bertz CT molecular complexity index is 1210. The topological polar surface area (TPSA) is 59.8 Å². The smallest absolute Gasteiger partial charge is 0.234 e. The van der Waals surface area contributed by atoms with Crippen LogP contribution in [0.4, 0.5) is 5.69 Å². The zero-order valence-corrected chi connectivity index (χ0v) is 19.0. The van der Waals surface area contributed by atoms with Crippen molar-refractivity contribution in [1.82, 2.24) is 14.8 Å². The number of aromatic nitrogens is 3. The van der Waals surface area contributed by atoms with E-state index in [1.165, 1.54) is 11.8 Å². The van der Waals surface area contributed by atoms with E-state index in [4.69, 9.17) is 34.8 Å². The fourth-order valence-corrected chi connectivity index (χ4v) is 4.08. The van der Waals surface area contributed by atoms with E-state index >= 15 is 0 Å². The molecule has 1 amide bonds. The Kier molecular flexibility index (Phi) is 6.83. The van der Waals surface area contributed by atoms with Crippen molar-refractivity contribution < 1.29 is 4.79 Å². The van der Waals surface area contributed by atoms with Crippen molar-refractivity contribution in [2.45, 2.75) is 5.16 Å². The Morgan fingerprint density at radius 3 is 2.35 bits per heavy atom. The van der Waals surface area contributed by atoms with Gasteiger partial charge in [-0.25, -0.2) is 0 Å². The molecule has 0 saturated carbocycles.